The fraction of sp³-hybridized carbons (Fsp3) is 0.154. The number of hydrogen-bond acceptors (Lipinski definition) is 7. The van der Waals surface area contributed by atoms with Crippen molar-refractivity contribution >= 4 is 23.5 Å². The molecule has 0 spiro atoms. The number of nitrogens with zero attached hydrogens (tertiary/aromatic N) is 2. The van der Waals surface area contributed by atoms with Crippen LogP contribution in [0, 0.1) is 0 Å². The highest BCUT2D eigenvalue weighted by Crippen LogP contribution is 2.30. The second-order valence-electron chi connectivity index (χ2n) is 7.27. The number of ether oxygens (including phenoxy) is 1. The van der Waals surface area contributed by atoms with Crippen LogP contribution < -0.4 is 20.5 Å². The third-order valence-corrected chi connectivity index (χ3v) is 5.57. The number of hydrogen-bond donors (Lipinski definition) is 3. The van der Waals surface area contributed by atoms with Crippen LogP contribution in [0.1, 0.15) is 12.5 Å². The SMILES string of the molecule is C=C/C=C(\C=C)COc1ccccc1-c1cc(Nc2ccc(CSNC(C)N)cc2)ncn1. The average molecular weight is 460 g/mol. The number of allylic oxidation sites excluding steroid dienone is 2. The van der Waals surface area contributed by atoms with E-state index in [2.05, 4.69) is 45.3 Å². The van der Waals surface area contributed by atoms with E-state index in [9.17, 15) is 0 Å². The van der Waals surface area contributed by atoms with Gasteiger partial charge in [-0.1, -0.05) is 67.6 Å². The Morgan fingerprint density at radius 1 is 1.15 bits per heavy atom. The molecule has 0 saturated carbocycles. The van der Waals surface area contributed by atoms with Gasteiger partial charge >= 0.3 is 0 Å². The van der Waals surface area contributed by atoms with Crippen LogP contribution in [0.3, 0.4) is 0 Å². The summed E-state index contributed by atoms with van der Waals surface area (Å²) in [5.41, 5.74) is 10.5. The minimum atomic E-state index is -0.0360. The molecule has 4 N–H and O–H groups in total. The maximum absolute atomic E-state index is 6.03. The van der Waals surface area contributed by atoms with Crippen LogP contribution in [0.5, 0.6) is 5.75 Å². The molecule has 33 heavy (non-hydrogen) atoms. The first kappa shape index (κ1) is 24.3. The molecule has 2 aromatic carbocycles. The molecule has 0 saturated heterocycles. The van der Waals surface area contributed by atoms with E-state index in [1.54, 1.807) is 30.4 Å². The summed E-state index contributed by atoms with van der Waals surface area (Å²) in [5.74, 6) is 2.28. The Bertz CT molecular complexity index is 1100. The highest BCUT2D eigenvalue weighted by atomic mass is 32.2. The molecule has 1 aromatic heterocycles. The molecule has 0 aliphatic carbocycles. The maximum atomic E-state index is 6.03. The van der Waals surface area contributed by atoms with Crippen molar-refractivity contribution in [1.29, 1.82) is 0 Å². The highest BCUT2D eigenvalue weighted by Gasteiger charge is 2.09. The molecule has 170 valence electrons. The van der Waals surface area contributed by atoms with Crippen LogP contribution in [-0.4, -0.2) is 22.7 Å². The number of nitrogens with two attached hydrogens (primary N) is 1. The van der Waals surface area contributed by atoms with Gasteiger partial charge in [-0.05, 0) is 42.3 Å². The first-order chi connectivity index (χ1) is 16.1. The number of aromatic nitrogens is 2. The largest absolute Gasteiger partial charge is 0.488 e. The molecule has 3 rings (SSSR count). The molecule has 0 radical (unpaired) electrons. The summed E-state index contributed by atoms with van der Waals surface area (Å²) in [7, 11) is 0. The van der Waals surface area contributed by atoms with Crippen molar-refractivity contribution in [1.82, 2.24) is 14.7 Å². The molecule has 0 amide bonds. The molecule has 3 aromatic rings. The molecule has 0 aliphatic rings. The normalized spacial score (nSPS) is 12.1. The van der Waals surface area contributed by atoms with E-state index < -0.39 is 0 Å². The van der Waals surface area contributed by atoms with E-state index >= 15 is 0 Å². The van der Waals surface area contributed by atoms with Gasteiger partial charge in [0, 0.05) is 23.1 Å². The van der Waals surface area contributed by atoms with Crippen LogP contribution in [0.15, 0.2) is 97.9 Å². The van der Waals surface area contributed by atoms with Gasteiger partial charge < -0.3 is 15.8 Å². The van der Waals surface area contributed by atoms with Crippen LogP contribution >= 0.6 is 11.9 Å². The molecule has 1 atom stereocenters. The quantitative estimate of drug-likeness (QED) is 0.184. The molecular weight excluding hydrogens is 430 g/mol. The predicted molar refractivity (Wildman–Crippen MR) is 139 cm³/mol. The van der Waals surface area contributed by atoms with E-state index in [0.717, 1.165) is 34.0 Å². The smallest absolute Gasteiger partial charge is 0.134 e. The summed E-state index contributed by atoms with van der Waals surface area (Å²) in [6.07, 6.45) is 6.87. The Morgan fingerprint density at radius 3 is 2.67 bits per heavy atom. The predicted octanol–water partition coefficient (Wildman–Crippen LogP) is 5.61. The standard InChI is InChI=1S/C26H29N5OS/c1-4-8-20(5-2)16-32-25-10-7-6-9-23(25)24-15-26(29-18-28-24)30-22-13-11-21(12-14-22)17-33-31-19(3)27/h4-15,18-19,31H,1-2,16-17,27H2,3H3,(H,28,29,30)/b20-8+. The summed E-state index contributed by atoms with van der Waals surface area (Å²) in [6, 6.07) is 17.9. The monoisotopic (exact) mass is 459 g/mol. The van der Waals surface area contributed by atoms with Crippen molar-refractivity contribution in [2.45, 2.75) is 18.8 Å². The van der Waals surface area contributed by atoms with Crippen molar-refractivity contribution in [3.63, 3.8) is 0 Å². The number of para-hydroxylation sites is 1. The van der Waals surface area contributed by atoms with E-state index in [1.807, 2.05) is 55.5 Å². The van der Waals surface area contributed by atoms with E-state index in [4.69, 9.17) is 10.5 Å². The topological polar surface area (TPSA) is 85.1 Å². The fourth-order valence-electron chi connectivity index (χ4n) is 2.95. The van der Waals surface area contributed by atoms with Crippen molar-refractivity contribution < 1.29 is 4.74 Å². The lowest BCUT2D eigenvalue weighted by molar-refractivity contribution is 0.357. The Morgan fingerprint density at radius 2 is 1.94 bits per heavy atom. The Labute approximate surface area is 199 Å². The van der Waals surface area contributed by atoms with Gasteiger partial charge in [-0.2, -0.15) is 0 Å². The summed E-state index contributed by atoms with van der Waals surface area (Å²) in [4.78, 5) is 8.82. The highest BCUT2D eigenvalue weighted by molar-refractivity contribution is 7.96. The molecule has 0 aliphatic heterocycles. The van der Waals surface area contributed by atoms with E-state index in [-0.39, 0.29) is 6.17 Å². The Kier molecular flexibility index (Phi) is 9.26. The number of benzene rings is 2. The third kappa shape index (κ3) is 7.61. The molecular formula is C26H29N5OS. The first-order valence-electron chi connectivity index (χ1n) is 10.6. The van der Waals surface area contributed by atoms with Gasteiger partial charge in [-0.25, -0.2) is 14.7 Å². The number of rotatable bonds is 12. The van der Waals surface area contributed by atoms with E-state index in [1.165, 1.54) is 5.56 Å². The maximum Gasteiger partial charge on any atom is 0.134 e. The summed E-state index contributed by atoms with van der Waals surface area (Å²) >= 11 is 1.59. The van der Waals surface area contributed by atoms with Gasteiger partial charge in [0.05, 0.1) is 11.9 Å². The van der Waals surface area contributed by atoms with Crippen molar-refractivity contribution in [2.75, 3.05) is 11.9 Å². The lowest BCUT2D eigenvalue weighted by atomic mass is 10.1. The lowest BCUT2D eigenvalue weighted by Crippen LogP contribution is -2.28. The third-order valence-electron chi connectivity index (χ3n) is 4.55. The van der Waals surface area contributed by atoms with Crippen LogP contribution in [-0.2, 0) is 5.75 Å². The van der Waals surface area contributed by atoms with Crippen LogP contribution in [0.25, 0.3) is 11.3 Å². The van der Waals surface area contributed by atoms with Gasteiger partial charge in [-0.3, -0.25) is 0 Å². The molecule has 7 heteroatoms. The van der Waals surface area contributed by atoms with Crippen molar-refractivity contribution in [3.8, 4) is 17.0 Å². The van der Waals surface area contributed by atoms with Crippen LogP contribution in [0.2, 0.25) is 0 Å². The zero-order chi connectivity index (χ0) is 23.5. The van der Waals surface area contributed by atoms with Gasteiger partial charge in [0.1, 0.15) is 24.5 Å². The molecule has 1 unspecified atom stereocenters. The lowest BCUT2D eigenvalue weighted by Gasteiger charge is -2.13. The minimum Gasteiger partial charge on any atom is -0.488 e. The summed E-state index contributed by atoms with van der Waals surface area (Å²) in [5, 5.41) is 3.34. The Hall–Kier alpha value is -3.39. The van der Waals surface area contributed by atoms with Crippen molar-refractivity contribution in [3.05, 3.63) is 103 Å². The zero-order valence-electron chi connectivity index (χ0n) is 18.7. The second kappa shape index (κ2) is 12.6. The molecule has 6 nitrogen and oxygen atoms in total. The summed E-state index contributed by atoms with van der Waals surface area (Å²) < 4.78 is 9.17. The van der Waals surface area contributed by atoms with Crippen LogP contribution in [0.4, 0.5) is 11.5 Å². The fourth-order valence-corrected chi connectivity index (χ4v) is 3.66. The molecule has 1 heterocycles. The second-order valence-corrected chi connectivity index (χ2v) is 8.08. The minimum absolute atomic E-state index is 0.0360. The van der Waals surface area contributed by atoms with Gasteiger partial charge in [-0.15, -0.1) is 0 Å². The van der Waals surface area contributed by atoms with Crippen molar-refractivity contribution in [2.24, 2.45) is 5.73 Å². The number of anilines is 2. The molecule has 0 bridgehead atoms. The van der Waals surface area contributed by atoms with Gasteiger partial charge in [0.15, 0.2) is 0 Å². The Balaban J connectivity index is 1.71. The molecule has 0 fully saturated rings. The zero-order valence-corrected chi connectivity index (χ0v) is 19.5. The average Bonchev–Trinajstić information content (AvgIpc) is 2.83. The van der Waals surface area contributed by atoms with E-state index in [0.29, 0.717) is 12.4 Å². The summed E-state index contributed by atoms with van der Waals surface area (Å²) in [6.45, 7) is 9.85. The first-order valence-corrected chi connectivity index (χ1v) is 11.5. The van der Waals surface area contributed by atoms with Gasteiger partial charge in [0.25, 0.3) is 0 Å². The number of nitrogens with one attached hydrogen (secondary N) is 2. The van der Waals surface area contributed by atoms with Gasteiger partial charge in [0.2, 0.25) is 0 Å².